The van der Waals surface area contributed by atoms with Crippen molar-refractivity contribution in [2.24, 2.45) is 0 Å². The molecule has 2 N–H and O–H groups in total. The van der Waals surface area contributed by atoms with Gasteiger partial charge in [-0.1, -0.05) is 45.1 Å². The van der Waals surface area contributed by atoms with E-state index in [1.165, 1.54) is 24.8 Å². The minimum Gasteiger partial charge on any atom is -0.352 e. The van der Waals surface area contributed by atoms with Gasteiger partial charge in [-0.05, 0) is 59.8 Å². The van der Waals surface area contributed by atoms with Gasteiger partial charge in [0.2, 0.25) is 5.91 Å². The van der Waals surface area contributed by atoms with E-state index in [0.29, 0.717) is 0 Å². The maximum Gasteiger partial charge on any atom is 0.247 e. The number of amides is 1. The molecule has 1 aliphatic heterocycles. The Labute approximate surface area is 150 Å². The smallest absolute Gasteiger partial charge is 0.247 e. The van der Waals surface area contributed by atoms with Crippen LogP contribution in [0.1, 0.15) is 99.3 Å². The van der Waals surface area contributed by atoms with Gasteiger partial charge >= 0.3 is 0 Å². The molecule has 1 amide bonds. The summed E-state index contributed by atoms with van der Waals surface area (Å²) >= 11 is 0. The van der Waals surface area contributed by atoms with Gasteiger partial charge in [-0.3, -0.25) is 4.79 Å². The van der Waals surface area contributed by atoms with E-state index in [1.54, 1.807) is 0 Å². The largest absolute Gasteiger partial charge is 0.352 e. The summed E-state index contributed by atoms with van der Waals surface area (Å²) in [7, 11) is 0. The lowest BCUT2D eigenvalue weighted by Crippen LogP contribution is -2.56. The van der Waals surface area contributed by atoms with E-state index in [0.717, 1.165) is 50.6 Å². The van der Waals surface area contributed by atoms with Gasteiger partial charge in [-0.15, -0.1) is 0 Å². The number of hydrogen-bond acceptors (Lipinski definition) is 2. The van der Waals surface area contributed by atoms with Crippen molar-refractivity contribution in [3.8, 4) is 0 Å². The topological polar surface area (TPSA) is 41.1 Å². The van der Waals surface area contributed by atoms with Crippen molar-refractivity contribution in [3.05, 3.63) is 11.1 Å². The summed E-state index contributed by atoms with van der Waals surface area (Å²) in [6.07, 6.45) is 9.87. The molecule has 0 atom stereocenters. The molecule has 1 heterocycles. The zero-order chi connectivity index (χ0) is 18.2. The van der Waals surface area contributed by atoms with Crippen LogP contribution in [0.5, 0.6) is 0 Å². The van der Waals surface area contributed by atoms with E-state index < -0.39 is 0 Å². The highest BCUT2D eigenvalue weighted by Gasteiger charge is 2.36. The van der Waals surface area contributed by atoms with Crippen LogP contribution in [0.4, 0.5) is 0 Å². The molecule has 0 saturated carbocycles. The average Bonchev–Trinajstić information content (AvgIpc) is 2.44. The molecule has 0 spiro atoms. The number of piperidine rings is 1. The second-order valence-electron chi connectivity index (χ2n) is 8.75. The summed E-state index contributed by atoms with van der Waals surface area (Å²) in [6.45, 7) is 14.2. The van der Waals surface area contributed by atoms with Gasteiger partial charge in [0, 0.05) is 23.2 Å². The maximum atomic E-state index is 12.8. The lowest BCUT2D eigenvalue weighted by atomic mass is 9.77. The van der Waals surface area contributed by atoms with Crippen molar-refractivity contribution in [1.29, 1.82) is 0 Å². The van der Waals surface area contributed by atoms with Crippen molar-refractivity contribution in [2.75, 3.05) is 6.54 Å². The van der Waals surface area contributed by atoms with Crippen LogP contribution in [-0.4, -0.2) is 23.5 Å². The van der Waals surface area contributed by atoms with Crippen molar-refractivity contribution in [2.45, 2.75) is 110 Å². The molecular weight excluding hydrogens is 296 g/mol. The lowest BCUT2D eigenvalue weighted by Gasteiger charge is -2.44. The SMILES string of the molecule is CCCCCCNC(=O)C(CCCC)=C1CC(C)(C)NC(C)(C)C1. The molecule has 1 saturated heterocycles. The zero-order valence-electron chi connectivity index (χ0n) is 17.0. The summed E-state index contributed by atoms with van der Waals surface area (Å²) in [5.74, 6) is 0.184. The van der Waals surface area contributed by atoms with Crippen LogP contribution in [-0.2, 0) is 4.79 Å². The first-order valence-corrected chi connectivity index (χ1v) is 9.99. The van der Waals surface area contributed by atoms with Gasteiger partial charge in [0.15, 0.2) is 0 Å². The Morgan fingerprint density at radius 1 is 0.958 bits per heavy atom. The minimum atomic E-state index is 0.0515. The van der Waals surface area contributed by atoms with E-state index in [1.807, 2.05) is 0 Å². The van der Waals surface area contributed by atoms with E-state index >= 15 is 0 Å². The first kappa shape index (κ1) is 21.2. The molecule has 0 aliphatic carbocycles. The number of hydrogen-bond donors (Lipinski definition) is 2. The van der Waals surface area contributed by atoms with Gasteiger partial charge in [0.25, 0.3) is 0 Å². The molecule has 0 aromatic rings. The van der Waals surface area contributed by atoms with E-state index in [-0.39, 0.29) is 17.0 Å². The summed E-state index contributed by atoms with van der Waals surface area (Å²) in [5.41, 5.74) is 2.53. The fraction of sp³-hybridized carbons (Fsp3) is 0.857. The third kappa shape index (κ3) is 7.38. The maximum absolute atomic E-state index is 12.8. The van der Waals surface area contributed by atoms with Crippen LogP contribution in [0, 0.1) is 0 Å². The number of carbonyl (C=O) groups excluding carboxylic acids is 1. The van der Waals surface area contributed by atoms with Gasteiger partial charge in [-0.25, -0.2) is 0 Å². The van der Waals surface area contributed by atoms with Crippen LogP contribution in [0.3, 0.4) is 0 Å². The number of unbranched alkanes of at least 4 members (excludes halogenated alkanes) is 4. The first-order chi connectivity index (χ1) is 11.2. The fourth-order valence-corrected chi connectivity index (χ4v) is 4.01. The molecule has 0 aromatic heterocycles. The second-order valence-corrected chi connectivity index (χ2v) is 8.75. The molecule has 1 aliphatic rings. The summed E-state index contributed by atoms with van der Waals surface area (Å²) in [5, 5.41) is 6.90. The molecule has 0 bridgehead atoms. The predicted octanol–water partition coefficient (Wildman–Crippen LogP) is 5.11. The molecule has 0 radical (unpaired) electrons. The van der Waals surface area contributed by atoms with Crippen molar-refractivity contribution in [1.82, 2.24) is 10.6 Å². The Morgan fingerprint density at radius 3 is 2.08 bits per heavy atom. The highest BCUT2D eigenvalue weighted by atomic mass is 16.1. The zero-order valence-corrected chi connectivity index (χ0v) is 17.0. The molecule has 1 rings (SSSR count). The summed E-state index contributed by atoms with van der Waals surface area (Å²) in [6, 6.07) is 0. The number of carbonyl (C=O) groups is 1. The minimum absolute atomic E-state index is 0.0515. The summed E-state index contributed by atoms with van der Waals surface area (Å²) in [4.78, 5) is 12.8. The first-order valence-electron chi connectivity index (χ1n) is 9.99. The normalized spacial score (nSPS) is 19.2. The van der Waals surface area contributed by atoms with Crippen molar-refractivity contribution < 1.29 is 4.79 Å². The predicted molar refractivity (Wildman–Crippen MR) is 104 cm³/mol. The Morgan fingerprint density at radius 2 is 1.54 bits per heavy atom. The van der Waals surface area contributed by atoms with Gasteiger partial charge in [0.1, 0.15) is 0 Å². The lowest BCUT2D eigenvalue weighted by molar-refractivity contribution is -0.117. The third-order valence-electron chi connectivity index (χ3n) is 4.78. The molecular formula is C21H40N2O. The molecule has 140 valence electrons. The van der Waals surface area contributed by atoms with Crippen molar-refractivity contribution in [3.63, 3.8) is 0 Å². The number of nitrogens with one attached hydrogen (secondary N) is 2. The van der Waals surface area contributed by atoms with Gasteiger partial charge < -0.3 is 10.6 Å². The van der Waals surface area contributed by atoms with Crippen LogP contribution in [0.25, 0.3) is 0 Å². The van der Waals surface area contributed by atoms with E-state index in [4.69, 9.17) is 0 Å². The summed E-state index contributed by atoms with van der Waals surface area (Å²) < 4.78 is 0. The van der Waals surface area contributed by atoms with Crippen LogP contribution >= 0.6 is 0 Å². The average molecular weight is 337 g/mol. The standard InChI is InChI=1S/C21H40N2O/c1-7-9-11-12-14-22-19(24)18(13-10-8-2)17-15-20(3,4)23-21(5,6)16-17/h23H,7-16H2,1-6H3,(H,22,24). The molecule has 0 unspecified atom stereocenters. The van der Waals surface area contributed by atoms with Crippen LogP contribution < -0.4 is 10.6 Å². The second kappa shape index (κ2) is 9.60. The fourth-order valence-electron chi connectivity index (χ4n) is 4.01. The molecule has 3 heteroatoms. The molecule has 1 fully saturated rings. The Balaban J connectivity index is 2.83. The van der Waals surface area contributed by atoms with E-state index in [2.05, 4.69) is 52.2 Å². The monoisotopic (exact) mass is 336 g/mol. The number of rotatable bonds is 9. The highest BCUT2D eigenvalue weighted by molar-refractivity contribution is 5.94. The molecule has 24 heavy (non-hydrogen) atoms. The van der Waals surface area contributed by atoms with Gasteiger partial charge in [0.05, 0.1) is 0 Å². The van der Waals surface area contributed by atoms with Gasteiger partial charge in [-0.2, -0.15) is 0 Å². The van der Waals surface area contributed by atoms with Crippen LogP contribution in [0.2, 0.25) is 0 Å². The molecule has 0 aromatic carbocycles. The Bertz CT molecular complexity index is 417. The quantitative estimate of drug-likeness (QED) is 0.454. The van der Waals surface area contributed by atoms with E-state index in [9.17, 15) is 4.79 Å². The molecule has 3 nitrogen and oxygen atoms in total. The highest BCUT2D eigenvalue weighted by Crippen LogP contribution is 2.35. The third-order valence-corrected chi connectivity index (χ3v) is 4.78. The van der Waals surface area contributed by atoms with Crippen molar-refractivity contribution >= 4 is 5.91 Å². The Kier molecular flexibility index (Phi) is 8.49. The van der Waals surface area contributed by atoms with Crippen LogP contribution in [0.15, 0.2) is 11.1 Å². The Hall–Kier alpha value is -0.830.